The van der Waals surface area contributed by atoms with E-state index in [1.54, 1.807) is 52.0 Å². The molecule has 0 saturated heterocycles. The Hall–Kier alpha value is -1.70. The molecular formula is C20H27NO4S2. The first-order valence-electron chi connectivity index (χ1n) is 8.77. The molecule has 27 heavy (non-hydrogen) atoms. The standard InChI is InChI=1S/C20H27NO4S2/c1-13(2)20(26(22,23)18-9-7-14(3)8-10-18)21-27(24,25)19-16(5)11-15(4)12-17(19)6/h7-13,20-21H,1-6H3. The van der Waals surface area contributed by atoms with Crippen LogP contribution >= 0.6 is 0 Å². The molecule has 2 aromatic carbocycles. The summed E-state index contributed by atoms with van der Waals surface area (Å²) in [6, 6.07) is 9.98. The van der Waals surface area contributed by atoms with Crippen molar-refractivity contribution in [3.63, 3.8) is 0 Å². The number of hydrogen-bond acceptors (Lipinski definition) is 4. The lowest BCUT2D eigenvalue weighted by Gasteiger charge is -2.24. The van der Waals surface area contributed by atoms with Crippen molar-refractivity contribution < 1.29 is 16.8 Å². The number of rotatable bonds is 6. The zero-order chi connectivity index (χ0) is 20.6. The van der Waals surface area contributed by atoms with Gasteiger partial charge >= 0.3 is 0 Å². The van der Waals surface area contributed by atoms with Crippen molar-refractivity contribution in [2.75, 3.05) is 0 Å². The highest BCUT2D eigenvalue weighted by Crippen LogP contribution is 2.26. The van der Waals surface area contributed by atoms with Crippen LogP contribution in [0.4, 0.5) is 0 Å². The van der Waals surface area contributed by atoms with E-state index in [2.05, 4.69) is 4.72 Å². The van der Waals surface area contributed by atoms with Gasteiger partial charge in [-0.05, 0) is 56.9 Å². The van der Waals surface area contributed by atoms with Gasteiger partial charge < -0.3 is 0 Å². The molecule has 0 saturated carbocycles. The third-order valence-electron chi connectivity index (χ3n) is 4.43. The second kappa shape index (κ2) is 7.73. The molecule has 0 spiro atoms. The molecule has 1 N–H and O–H groups in total. The lowest BCUT2D eigenvalue weighted by atomic mass is 10.1. The lowest BCUT2D eigenvalue weighted by molar-refractivity contribution is 0.502. The molecule has 0 radical (unpaired) electrons. The number of sulfonamides is 1. The second-order valence-corrected chi connectivity index (χ2v) is 11.1. The van der Waals surface area contributed by atoms with E-state index in [0.29, 0.717) is 11.1 Å². The van der Waals surface area contributed by atoms with Crippen LogP contribution in [-0.4, -0.2) is 22.2 Å². The Bertz CT molecular complexity index is 1010. The van der Waals surface area contributed by atoms with Crippen LogP contribution in [0.1, 0.15) is 36.1 Å². The van der Waals surface area contributed by atoms with Gasteiger partial charge in [0.05, 0.1) is 9.79 Å². The van der Waals surface area contributed by atoms with Gasteiger partial charge in [-0.3, -0.25) is 0 Å². The summed E-state index contributed by atoms with van der Waals surface area (Å²) in [5.41, 5.74) is 3.07. The van der Waals surface area contributed by atoms with Crippen LogP contribution < -0.4 is 4.72 Å². The predicted octanol–water partition coefficient (Wildman–Crippen LogP) is 3.65. The Morgan fingerprint density at radius 3 is 1.70 bits per heavy atom. The Labute approximate surface area is 162 Å². The third-order valence-corrected chi connectivity index (χ3v) is 8.59. The maximum atomic E-state index is 13.1. The van der Waals surface area contributed by atoms with Crippen LogP contribution in [0.25, 0.3) is 0 Å². The molecule has 1 atom stereocenters. The summed E-state index contributed by atoms with van der Waals surface area (Å²) in [4.78, 5) is 0.240. The van der Waals surface area contributed by atoms with Crippen LogP contribution in [0.5, 0.6) is 0 Å². The molecular weight excluding hydrogens is 382 g/mol. The maximum Gasteiger partial charge on any atom is 0.242 e. The van der Waals surface area contributed by atoms with Gasteiger partial charge in [0.2, 0.25) is 10.0 Å². The highest BCUT2D eigenvalue weighted by Gasteiger charge is 2.35. The Balaban J connectivity index is 2.52. The molecule has 5 nitrogen and oxygen atoms in total. The number of hydrogen-bond donors (Lipinski definition) is 1. The molecule has 0 amide bonds. The van der Waals surface area contributed by atoms with Gasteiger partial charge in [-0.1, -0.05) is 49.2 Å². The molecule has 2 aromatic rings. The van der Waals surface area contributed by atoms with E-state index in [4.69, 9.17) is 0 Å². The van der Waals surface area contributed by atoms with Crippen molar-refractivity contribution in [1.82, 2.24) is 4.72 Å². The summed E-state index contributed by atoms with van der Waals surface area (Å²) >= 11 is 0. The summed E-state index contributed by atoms with van der Waals surface area (Å²) in [7, 11) is -7.89. The number of aryl methyl sites for hydroxylation is 4. The molecule has 0 aliphatic carbocycles. The molecule has 0 bridgehead atoms. The van der Waals surface area contributed by atoms with Crippen LogP contribution in [0.3, 0.4) is 0 Å². The molecule has 0 aliphatic rings. The van der Waals surface area contributed by atoms with E-state index in [1.165, 1.54) is 12.1 Å². The van der Waals surface area contributed by atoms with Gasteiger partial charge in [0.15, 0.2) is 9.84 Å². The Kier molecular flexibility index (Phi) is 6.19. The number of nitrogens with one attached hydrogen (secondary N) is 1. The Morgan fingerprint density at radius 2 is 1.26 bits per heavy atom. The zero-order valence-electron chi connectivity index (χ0n) is 16.6. The van der Waals surface area contributed by atoms with E-state index in [9.17, 15) is 16.8 Å². The van der Waals surface area contributed by atoms with Gasteiger partial charge in [-0.2, -0.15) is 4.72 Å². The van der Waals surface area contributed by atoms with Gasteiger partial charge in [0, 0.05) is 0 Å². The van der Waals surface area contributed by atoms with Crippen molar-refractivity contribution >= 4 is 19.9 Å². The molecule has 148 valence electrons. The molecule has 1 unspecified atom stereocenters. The van der Waals surface area contributed by atoms with Gasteiger partial charge in [-0.15, -0.1) is 0 Å². The molecule has 0 aliphatic heterocycles. The summed E-state index contributed by atoms with van der Waals surface area (Å²) < 4.78 is 54.7. The summed E-state index contributed by atoms with van der Waals surface area (Å²) in [6.07, 6.45) is 0. The molecule has 7 heteroatoms. The topological polar surface area (TPSA) is 80.3 Å². The van der Waals surface area contributed by atoms with Gasteiger partial charge in [-0.25, -0.2) is 16.8 Å². The number of sulfone groups is 1. The highest BCUT2D eigenvalue weighted by atomic mass is 32.2. The molecule has 0 heterocycles. The second-order valence-electron chi connectivity index (χ2n) is 7.37. The fraction of sp³-hybridized carbons (Fsp3) is 0.400. The van der Waals surface area contributed by atoms with Crippen LogP contribution in [0, 0.1) is 33.6 Å². The number of benzene rings is 2. The van der Waals surface area contributed by atoms with E-state index in [0.717, 1.165) is 11.1 Å². The van der Waals surface area contributed by atoms with Crippen LogP contribution in [0.15, 0.2) is 46.2 Å². The van der Waals surface area contributed by atoms with E-state index in [-0.39, 0.29) is 9.79 Å². The van der Waals surface area contributed by atoms with E-state index in [1.807, 2.05) is 13.8 Å². The van der Waals surface area contributed by atoms with Crippen LogP contribution in [0.2, 0.25) is 0 Å². The fourth-order valence-electron chi connectivity index (χ4n) is 3.23. The van der Waals surface area contributed by atoms with Crippen LogP contribution in [-0.2, 0) is 19.9 Å². The minimum Gasteiger partial charge on any atom is -0.222 e. The van der Waals surface area contributed by atoms with Crippen molar-refractivity contribution in [1.29, 1.82) is 0 Å². The minimum atomic E-state index is -4.01. The van der Waals surface area contributed by atoms with Gasteiger partial charge in [0.25, 0.3) is 0 Å². The third kappa shape index (κ3) is 4.59. The van der Waals surface area contributed by atoms with Gasteiger partial charge in [0.1, 0.15) is 5.37 Å². The first-order chi connectivity index (χ1) is 12.4. The quantitative estimate of drug-likeness (QED) is 0.790. The molecule has 0 fully saturated rings. The van der Waals surface area contributed by atoms with Crippen molar-refractivity contribution in [2.45, 2.75) is 56.7 Å². The molecule has 0 aromatic heterocycles. The van der Waals surface area contributed by atoms with Crippen molar-refractivity contribution in [3.05, 3.63) is 58.7 Å². The first-order valence-corrected chi connectivity index (χ1v) is 11.8. The average Bonchev–Trinajstić information content (AvgIpc) is 2.51. The summed E-state index contributed by atoms with van der Waals surface area (Å²) in [5, 5.41) is -1.26. The van der Waals surface area contributed by atoms with Crippen molar-refractivity contribution in [2.24, 2.45) is 5.92 Å². The normalized spacial score (nSPS) is 13.7. The Morgan fingerprint density at radius 1 is 0.778 bits per heavy atom. The molecule has 2 rings (SSSR count). The maximum absolute atomic E-state index is 13.1. The predicted molar refractivity (Wildman–Crippen MR) is 108 cm³/mol. The highest BCUT2D eigenvalue weighted by molar-refractivity contribution is 7.94. The summed E-state index contributed by atoms with van der Waals surface area (Å²) in [5.74, 6) is -0.447. The monoisotopic (exact) mass is 409 g/mol. The SMILES string of the molecule is Cc1ccc(S(=O)(=O)C(NS(=O)(=O)c2c(C)cc(C)cc2C)C(C)C)cc1. The first kappa shape index (κ1) is 21.6. The largest absolute Gasteiger partial charge is 0.242 e. The average molecular weight is 410 g/mol. The fourth-order valence-corrected chi connectivity index (χ4v) is 7.31. The van der Waals surface area contributed by atoms with E-state index >= 15 is 0 Å². The van der Waals surface area contributed by atoms with E-state index < -0.39 is 31.2 Å². The zero-order valence-corrected chi connectivity index (χ0v) is 18.2. The van der Waals surface area contributed by atoms with Crippen molar-refractivity contribution in [3.8, 4) is 0 Å². The lowest BCUT2D eigenvalue weighted by Crippen LogP contribution is -2.44. The summed E-state index contributed by atoms with van der Waals surface area (Å²) in [6.45, 7) is 10.6. The smallest absolute Gasteiger partial charge is 0.222 e. The minimum absolute atomic E-state index is 0.104.